The van der Waals surface area contributed by atoms with Crippen LogP contribution in [0.15, 0.2) is 35.6 Å². The summed E-state index contributed by atoms with van der Waals surface area (Å²) in [6.07, 6.45) is 12.9. The summed E-state index contributed by atoms with van der Waals surface area (Å²) >= 11 is 0. The first-order chi connectivity index (χ1) is 10.5. The van der Waals surface area contributed by atoms with Crippen LogP contribution in [0.4, 0.5) is 0 Å². The van der Waals surface area contributed by atoms with Gasteiger partial charge in [0.25, 0.3) is 0 Å². The Balaban J connectivity index is 2.64. The molecule has 1 heteroatoms. The second kappa shape index (κ2) is 9.92. The van der Waals surface area contributed by atoms with Crippen LogP contribution in [0, 0.1) is 11.8 Å². The van der Waals surface area contributed by atoms with Crippen molar-refractivity contribution in [2.24, 2.45) is 11.8 Å². The fourth-order valence-electron chi connectivity index (χ4n) is 3.58. The molecule has 0 fully saturated rings. The van der Waals surface area contributed by atoms with E-state index in [-0.39, 0.29) is 0 Å². The van der Waals surface area contributed by atoms with Gasteiger partial charge in [-0.3, -0.25) is 0 Å². The molecular formula is C21H37N. The molecule has 0 spiro atoms. The first-order valence-electron chi connectivity index (χ1n) is 9.22. The van der Waals surface area contributed by atoms with Crippen molar-refractivity contribution in [1.29, 1.82) is 0 Å². The lowest BCUT2D eigenvalue weighted by Crippen LogP contribution is -2.32. The van der Waals surface area contributed by atoms with Gasteiger partial charge in [0.1, 0.15) is 0 Å². The van der Waals surface area contributed by atoms with Crippen LogP contribution in [0.25, 0.3) is 0 Å². The standard InChI is InChI=1S/C21H37N/c1-7-10-17(6)14-19-11-12-21(15-18(19)8-2)22-20(9-3)13-16(4)5/h7,9,16-17,21-22H,1,8,10-15H2,2-6H3/b20-9+/t17-,21-/m1/s1. The van der Waals surface area contributed by atoms with Crippen molar-refractivity contribution in [3.8, 4) is 0 Å². The molecule has 0 unspecified atom stereocenters. The van der Waals surface area contributed by atoms with E-state index in [1.807, 2.05) is 0 Å². The van der Waals surface area contributed by atoms with Crippen LogP contribution in [0.1, 0.15) is 79.6 Å². The van der Waals surface area contributed by atoms with Crippen LogP contribution in [-0.4, -0.2) is 6.04 Å². The normalized spacial score (nSPS) is 21.2. The molecule has 2 atom stereocenters. The lowest BCUT2D eigenvalue weighted by molar-refractivity contribution is 0.449. The van der Waals surface area contributed by atoms with Crippen molar-refractivity contribution >= 4 is 0 Å². The molecule has 0 saturated carbocycles. The van der Waals surface area contributed by atoms with Gasteiger partial charge in [-0.05, 0) is 63.7 Å². The Hall–Kier alpha value is -0.980. The minimum Gasteiger partial charge on any atom is -0.386 e. The van der Waals surface area contributed by atoms with E-state index in [2.05, 4.69) is 58.7 Å². The number of rotatable bonds is 9. The summed E-state index contributed by atoms with van der Waals surface area (Å²) in [5.41, 5.74) is 4.87. The summed E-state index contributed by atoms with van der Waals surface area (Å²) in [6.45, 7) is 15.3. The fraction of sp³-hybridized carbons (Fsp3) is 0.714. The van der Waals surface area contributed by atoms with E-state index in [9.17, 15) is 0 Å². The minimum atomic E-state index is 0.637. The topological polar surface area (TPSA) is 12.0 Å². The van der Waals surface area contributed by atoms with Crippen LogP contribution in [-0.2, 0) is 0 Å². The molecule has 0 aromatic heterocycles. The second-order valence-electron chi connectivity index (χ2n) is 7.39. The summed E-state index contributed by atoms with van der Waals surface area (Å²) in [5.74, 6) is 1.46. The van der Waals surface area contributed by atoms with Crippen LogP contribution >= 0.6 is 0 Å². The molecule has 0 aliphatic heterocycles. The smallest absolute Gasteiger partial charge is 0.0298 e. The average Bonchev–Trinajstić information content (AvgIpc) is 2.47. The summed E-state index contributed by atoms with van der Waals surface area (Å²) in [7, 11) is 0. The van der Waals surface area contributed by atoms with Crippen molar-refractivity contribution in [3.05, 3.63) is 35.6 Å². The van der Waals surface area contributed by atoms with Gasteiger partial charge in [0, 0.05) is 11.7 Å². The van der Waals surface area contributed by atoms with E-state index in [1.54, 1.807) is 11.1 Å². The van der Waals surface area contributed by atoms with E-state index in [0.29, 0.717) is 6.04 Å². The highest BCUT2D eigenvalue weighted by Crippen LogP contribution is 2.32. The maximum Gasteiger partial charge on any atom is 0.0298 e. The molecule has 1 N–H and O–H groups in total. The van der Waals surface area contributed by atoms with Crippen molar-refractivity contribution in [2.45, 2.75) is 85.6 Å². The van der Waals surface area contributed by atoms with Gasteiger partial charge >= 0.3 is 0 Å². The number of hydrogen-bond acceptors (Lipinski definition) is 1. The summed E-state index contributed by atoms with van der Waals surface area (Å²) in [5, 5.41) is 3.81. The highest BCUT2D eigenvalue weighted by atomic mass is 14.9. The highest BCUT2D eigenvalue weighted by Gasteiger charge is 2.21. The quantitative estimate of drug-likeness (QED) is 0.487. The first kappa shape index (κ1) is 19.1. The van der Waals surface area contributed by atoms with Crippen LogP contribution < -0.4 is 5.32 Å². The Morgan fingerprint density at radius 3 is 2.59 bits per heavy atom. The van der Waals surface area contributed by atoms with Gasteiger partial charge in [-0.1, -0.05) is 51.0 Å². The maximum atomic E-state index is 3.88. The molecular weight excluding hydrogens is 266 g/mol. The molecule has 1 aliphatic carbocycles. The Kier molecular flexibility index (Phi) is 8.60. The second-order valence-corrected chi connectivity index (χ2v) is 7.39. The Labute approximate surface area is 139 Å². The summed E-state index contributed by atoms with van der Waals surface area (Å²) < 4.78 is 0. The number of allylic oxidation sites excluding steroid dienone is 4. The van der Waals surface area contributed by atoms with Crippen LogP contribution in [0.3, 0.4) is 0 Å². The molecule has 1 aliphatic rings. The van der Waals surface area contributed by atoms with Crippen molar-refractivity contribution in [3.63, 3.8) is 0 Å². The highest BCUT2D eigenvalue weighted by molar-refractivity contribution is 5.20. The first-order valence-corrected chi connectivity index (χ1v) is 9.22. The molecule has 1 nitrogen and oxygen atoms in total. The molecule has 22 heavy (non-hydrogen) atoms. The zero-order chi connectivity index (χ0) is 16.5. The summed E-state index contributed by atoms with van der Waals surface area (Å²) in [6, 6.07) is 0.637. The predicted octanol–water partition coefficient (Wildman–Crippen LogP) is 6.39. The number of hydrogen-bond donors (Lipinski definition) is 1. The van der Waals surface area contributed by atoms with Crippen molar-refractivity contribution in [2.75, 3.05) is 0 Å². The van der Waals surface area contributed by atoms with Gasteiger partial charge in [0.05, 0.1) is 0 Å². The SMILES string of the molecule is C=CC[C@@H](C)CC1=C(CC)C[C@H](N/C(=C/C)CC(C)C)CC1. The molecule has 0 bridgehead atoms. The minimum absolute atomic E-state index is 0.637. The van der Waals surface area contributed by atoms with E-state index in [4.69, 9.17) is 0 Å². The largest absolute Gasteiger partial charge is 0.386 e. The fourth-order valence-corrected chi connectivity index (χ4v) is 3.58. The van der Waals surface area contributed by atoms with Gasteiger partial charge < -0.3 is 5.32 Å². The average molecular weight is 304 g/mol. The molecule has 0 saturated heterocycles. The van der Waals surface area contributed by atoms with Gasteiger partial charge in [0.2, 0.25) is 0 Å². The van der Waals surface area contributed by atoms with E-state index >= 15 is 0 Å². The zero-order valence-corrected chi connectivity index (χ0v) is 15.5. The molecule has 0 aromatic carbocycles. The van der Waals surface area contributed by atoms with E-state index in [1.165, 1.54) is 44.2 Å². The lowest BCUT2D eigenvalue weighted by Gasteiger charge is -2.31. The third-order valence-corrected chi connectivity index (χ3v) is 4.74. The Morgan fingerprint density at radius 1 is 1.32 bits per heavy atom. The van der Waals surface area contributed by atoms with E-state index in [0.717, 1.165) is 18.3 Å². The maximum absolute atomic E-state index is 3.88. The van der Waals surface area contributed by atoms with Crippen molar-refractivity contribution < 1.29 is 0 Å². The lowest BCUT2D eigenvalue weighted by atomic mass is 9.82. The van der Waals surface area contributed by atoms with E-state index < -0.39 is 0 Å². The third-order valence-electron chi connectivity index (χ3n) is 4.74. The van der Waals surface area contributed by atoms with Crippen molar-refractivity contribution in [1.82, 2.24) is 5.32 Å². The number of nitrogens with one attached hydrogen (secondary N) is 1. The molecule has 0 heterocycles. The zero-order valence-electron chi connectivity index (χ0n) is 15.5. The monoisotopic (exact) mass is 303 g/mol. The molecule has 0 radical (unpaired) electrons. The molecule has 0 aromatic rings. The predicted molar refractivity (Wildman–Crippen MR) is 99.9 cm³/mol. The third kappa shape index (κ3) is 6.42. The molecule has 126 valence electrons. The Bertz CT molecular complexity index is 400. The molecule has 1 rings (SSSR count). The van der Waals surface area contributed by atoms with Crippen LogP contribution in [0.2, 0.25) is 0 Å². The van der Waals surface area contributed by atoms with Gasteiger partial charge in [-0.25, -0.2) is 0 Å². The Morgan fingerprint density at radius 2 is 2.05 bits per heavy atom. The van der Waals surface area contributed by atoms with Gasteiger partial charge in [-0.2, -0.15) is 0 Å². The summed E-state index contributed by atoms with van der Waals surface area (Å²) in [4.78, 5) is 0. The van der Waals surface area contributed by atoms with Gasteiger partial charge in [0.15, 0.2) is 0 Å². The molecule has 0 amide bonds. The van der Waals surface area contributed by atoms with Gasteiger partial charge in [-0.15, -0.1) is 6.58 Å². The van der Waals surface area contributed by atoms with Crippen LogP contribution in [0.5, 0.6) is 0 Å².